The third-order valence-electron chi connectivity index (χ3n) is 24.2. The maximum Gasteiger partial charge on any atom is 0.350 e. The van der Waals surface area contributed by atoms with Gasteiger partial charge in [-0.2, -0.15) is 0 Å². The van der Waals surface area contributed by atoms with Crippen molar-refractivity contribution >= 4 is 47.1 Å². The van der Waals surface area contributed by atoms with Crippen molar-refractivity contribution in [2.75, 3.05) is 170 Å². The number of nitrogens with zero attached hydrogens (tertiary/aromatic N) is 4. The monoisotopic (exact) mass is 1750 g/mol. The lowest BCUT2D eigenvalue weighted by Crippen LogP contribution is -2.52. The van der Waals surface area contributed by atoms with Gasteiger partial charge in [-0.25, -0.2) is 19.2 Å². The fraction of sp³-hybridized carbons (Fsp3) is 0.500. The molecule has 27 heteroatoms. The smallest absolute Gasteiger partial charge is 0.350 e. The first-order valence-corrected chi connectivity index (χ1v) is 41.5. The van der Waals surface area contributed by atoms with Crippen molar-refractivity contribution < 1.29 is 119 Å². The molecule has 684 valence electrons. The number of esters is 4. The van der Waals surface area contributed by atoms with Crippen LogP contribution in [-0.4, -0.2) is 232 Å². The molecule has 0 bridgehead atoms. The van der Waals surface area contributed by atoms with Crippen molar-refractivity contribution in [3.8, 4) is 51.7 Å². The topological polar surface area (TPSA) is 269 Å². The molecule has 4 N–H and O–H groups in total. The number of methoxy groups -OCH3 is 9. The van der Waals surface area contributed by atoms with Crippen LogP contribution in [0.4, 0.5) is 0 Å². The van der Waals surface area contributed by atoms with Gasteiger partial charge in [0, 0.05) is 111 Å². The molecule has 2 fully saturated rings. The average molecular weight is 1760 g/mol. The van der Waals surface area contributed by atoms with Crippen LogP contribution in [0.25, 0.3) is 0 Å². The van der Waals surface area contributed by atoms with Gasteiger partial charge < -0.3 is 130 Å². The Bertz CT molecular complexity index is 4460. The van der Waals surface area contributed by atoms with Gasteiger partial charge in [-0.05, 0) is 130 Å². The third kappa shape index (κ3) is 27.3. The number of carbonyl (C=O) groups excluding carboxylic acids is 4. The second-order valence-electron chi connectivity index (χ2n) is 31.8. The molecule has 0 unspecified atom stereocenters. The van der Waals surface area contributed by atoms with Gasteiger partial charge in [0.15, 0.2) is 46.0 Å². The summed E-state index contributed by atoms with van der Waals surface area (Å²) in [4.78, 5) is 51.0. The van der Waals surface area contributed by atoms with Gasteiger partial charge in [-0.15, -0.1) is 0 Å². The summed E-state index contributed by atoms with van der Waals surface area (Å²) in [6.07, 6.45) is 11.8. The number of hydrogen-bond acceptors (Lipinski definition) is 21. The maximum absolute atomic E-state index is 12.9. The number of aliphatic hydroxyl groups is 4. The van der Waals surface area contributed by atoms with Crippen LogP contribution < -0.4 is 42.6 Å². The predicted molar refractivity (Wildman–Crippen MR) is 481 cm³/mol. The van der Waals surface area contributed by atoms with E-state index in [-0.39, 0.29) is 112 Å². The summed E-state index contributed by atoms with van der Waals surface area (Å²) in [5.41, 5.74) is 13.8. The molecule has 123 heavy (non-hydrogen) atoms. The van der Waals surface area contributed by atoms with Gasteiger partial charge in [-0.1, -0.05) is 48.8 Å². The molecule has 4 aliphatic rings. The third-order valence-corrected chi connectivity index (χ3v) is 24.7. The van der Waals surface area contributed by atoms with Crippen LogP contribution in [-0.2, 0) is 103 Å². The predicted octanol–water partition coefficient (Wildman–Crippen LogP) is 14.6. The van der Waals surface area contributed by atoms with Crippen LogP contribution in [0.3, 0.4) is 0 Å². The molecule has 0 amide bonds. The van der Waals surface area contributed by atoms with E-state index in [2.05, 4.69) is 26.2 Å². The molecular weight excluding hydrogens is 1620 g/mol. The number of fused-ring (bicyclic) bond motifs is 2. The highest BCUT2D eigenvalue weighted by molar-refractivity contribution is 6.42. The first-order valence-electron chi connectivity index (χ1n) is 40.7. The molecule has 4 atom stereocenters. The molecule has 25 nitrogen and oxygen atoms in total. The SMILES string of the molecule is C.COc1cc(C[N+]2(CCCOC(=O)/C=C(\Cl)C(=O)OCCC[N@+]3(C)CCc4cc(CO)c(CO)cc4[C@H]3Cc3cc(OC)c(OC)c(OC)c3)CCCC2)cc(C)c1OC.COc1ccc(C[C@@H]2c3cc(CO)c(CO)cc3CC[N@@+]2(C)CCCOC(=O)/C(Cl)=C/C(=O)OCCC[N+]2(Cc3cc(C)c(OC)c(OC)c3)CCCC2)cc1OC.[CH3-].[CH3-].[CH3-].[CH3-]. The van der Waals surface area contributed by atoms with E-state index in [9.17, 15) is 39.6 Å². The van der Waals surface area contributed by atoms with E-state index in [1.165, 1.54) is 11.1 Å². The Labute approximate surface area is 742 Å². The lowest BCUT2D eigenvalue weighted by atomic mass is 9.84. The van der Waals surface area contributed by atoms with Crippen LogP contribution in [0.2, 0.25) is 0 Å². The minimum absolute atomic E-state index is 0. The van der Waals surface area contributed by atoms with Gasteiger partial charge in [0.25, 0.3) is 0 Å². The minimum atomic E-state index is -0.787. The summed E-state index contributed by atoms with van der Waals surface area (Å²) in [7, 11) is 18.9. The summed E-state index contributed by atoms with van der Waals surface area (Å²) in [6.45, 7) is 14.6. The molecule has 10 rings (SSSR count). The zero-order valence-electron chi connectivity index (χ0n) is 75.2. The maximum atomic E-state index is 12.9. The fourth-order valence-corrected chi connectivity index (χ4v) is 18.3. The highest BCUT2D eigenvalue weighted by Crippen LogP contribution is 2.46. The summed E-state index contributed by atoms with van der Waals surface area (Å²) >= 11 is 12.5. The highest BCUT2D eigenvalue weighted by atomic mass is 35.5. The number of likely N-dealkylation sites (tertiary alicyclic amines) is 2. The highest BCUT2D eigenvalue weighted by Gasteiger charge is 2.43. The molecule has 2 saturated heterocycles. The van der Waals surface area contributed by atoms with Gasteiger partial charge in [0.05, 0.1) is 196 Å². The number of hydrogen-bond donors (Lipinski definition) is 4. The van der Waals surface area contributed by atoms with Gasteiger partial charge in [0.2, 0.25) is 5.75 Å². The van der Waals surface area contributed by atoms with Crippen molar-refractivity contribution in [3.05, 3.63) is 209 Å². The Kier molecular flexibility index (Phi) is 43.6. The molecular formula is C96H140Cl2N4O21. The van der Waals surface area contributed by atoms with Crippen LogP contribution >= 0.6 is 23.2 Å². The Morgan fingerprint density at radius 2 is 0.715 bits per heavy atom. The zero-order valence-corrected chi connectivity index (χ0v) is 76.7. The van der Waals surface area contributed by atoms with E-state index >= 15 is 0 Å². The van der Waals surface area contributed by atoms with E-state index in [1.807, 2.05) is 80.6 Å². The van der Waals surface area contributed by atoms with Crippen molar-refractivity contribution in [3.63, 3.8) is 0 Å². The number of rotatable bonds is 41. The Morgan fingerprint density at radius 1 is 0.390 bits per heavy atom. The van der Waals surface area contributed by atoms with Crippen LogP contribution in [0, 0.1) is 43.6 Å². The number of carbonyl (C=O) groups is 4. The average Bonchev–Trinajstić information content (AvgIpc) is 1.22. The van der Waals surface area contributed by atoms with Crippen LogP contribution in [0.15, 0.2) is 101 Å². The number of benzene rings is 6. The second-order valence-corrected chi connectivity index (χ2v) is 32.7. The van der Waals surface area contributed by atoms with Crippen molar-refractivity contribution in [1.29, 1.82) is 0 Å². The van der Waals surface area contributed by atoms with Crippen molar-refractivity contribution in [2.45, 2.75) is 150 Å². The number of quaternary nitrogens is 4. The quantitative estimate of drug-likeness (QED) is 0.00693. The molecule has 0 saturated carbocycles. The first kappa shape index (κ1) is 106. The van der Waals surface area contributed by atoms with E-state index in [1.54, 1.807) is 64.0 Å². The molecule has 0 aliphatic carbocycles. The second kappa shape index (κ2) is 50.3. The Balaban J connectivity index is 0.000000496. The van der Waals surface area contributed by atoms with E-state index < -0.39 is 23.9 Å². The normalized spacial score (nSPS) is 17.7. The number of aryl methyl sites for hydroxylation is 2. The standard InChI is InChI=1S/C46H63ClN2O11.C45H61ClN2O10.CH4.4CH3/c1-31-20-33(24-40(54-3)44(31)57-6)28-49(14-8-9-15-49)16-11-18-59-43(52)27-38(47)46(53)60-19-10-13-48(2)17-12-34-25-35(29-50)36(30-51)26-37(34)39(48)21-32-22-41(55-4)45(58-7)42(23-32)56-5;1-31-21-33(24-42(55-5)44(31)56-6)28-48(15-7-8-16-48)17-10-19-57-43(51)27-38(46)45(52)58-20-9-14-47(2)18-13-34-25-35(29-49)36(30-50)26-37(34)39(47)22-32-11-12-40(53-3)41(23-32)54-4;;;;;/h20,22-27,39,50-51H,8-19,21,28-30H2,1-7H3;11-12,21,23-27,39,49-50H,7-10,13-20,22,28-30H2,1-6H3;1H4;4*1H3/q2*+2;;4*-1/b2*38-27-;;;;;/t39-,48-;39-,47-;;;;;/m11...../s1. The summed E-state index contributed by atoms with van der Waals surface area (Å²) < 4.78 is 75.2. The van der Waals surface area contributed by atoms with Crippen molar-refractivity contribution in [1.82, 2.24) is 0 Å². The lowest BCUT2D eigenvalue weighted by molar-refractivity contribution is -0.941. The summed E-state index contributed by atoms with van der Waals surface area (Å²) in [5, 5.41) is 39.7. The lowest BCUT2D eigenvalue weighted by Gasteiger charge is -2.46. The van der Waals surface area contributed by atoms with Gasteiger partial charge in [0.1, 0.15) is 35.2 Å². The largest absolute Gasteiger partial charge is 0.493 e. The minimum Gasteiger partial charge on any atom is -0.493 e. The molecule has 0 radical (unpaired) electrons. The van der Waals surface area contributed by atoms with Crippen LogP contribution in [0.1, 0.15) is 149 Å². The van der Waals surface area contributed by atoms with E-state index in [0.29, 0.717) is 106 Å². The molecule has 0 aromatic heterocycles. The molecule has 4 heterocycles. The fourth-order valence-electron chi connectivity index (χ4n) is 18.0. The molecule has 6 aromatic carbocycles. The molecule has 4 aliphatic heterocycles. The summed E-state index contributed by atoms with van der Waals surface area (Å²) in [6, 6.07) is 26.2. The summed E-state index contributed by atoms with van der Waals surface area (Å²) in [5.74, 6) is 2.91. The Hall–Kier alpha value is -8.86. The number of halogens is 2. The van der Waals surface area contributed by atoms with Gasteiger partial charge >= 0.3 is 23.9 Å². The van der Waals surface area contributed by atoms with E-state index in [0.717, 1.165) is 198 Å². The number of ether oxygens (including phenoxy) is 13. The number of likely N-dealkylation sites (N-methyl/N-ethyl adjacent to an activating group) is 2. The number of aliphatic hydroxyl groups excluding tert-OH is 4. The molecule has 6 aromatic rings. The Morgan fingerprint density at radius 3 is 1.07 bits per heavy atom. The van der Waals surface area contributed by atoms with Crippen molar-refractivity contribution in [2.24, 2.45) is 0 Å². The zero-order chi connectivity index (χ0) is 85.3. The van der Waals surface area contributed by atoms with Crippen LogP contribution in [0.5, 0.6) is 51.7 Å². The molecule has 0 spiro atoms. The first-order chi connectivity index (χ1) is 56.8. The van der Waals surface area contributed by atoms with Gasteiger partial charge in [-0.3, -0.25) is 0 Å². The van der Waals surface area contributed by atoms with E-state index in [4.69, 9.17) is 84.8 Å².